The van der Waals surface area contributed by atoms with Gasteiger partial charge in [0.15, 0.2) is 0 Å². The monoisotopic (exact) mass is 239 g/mol. The van der Waals surface area contributed by atoms with Crippen molar-refractivity contribution in [2.24, 2.45) is 5.41 Å². The van der Waals surface area contributed by atoms with Crippen LogP contribution in [0.3, 0.4) is 0 Å². The van der Waals surface area contributed by atoms with E-state index >= 15 is 0 Å². The van der Waals surface area contributed by atoms with Crippen LogP contribution in [-0.2, 0) is 0 Å². The van der Waals surface area contributed by atoms with Crippen LogP contribution in [0.2, 0.25) is 0 Å². The van der Waals surface area contributed by atoms with Crippen molar-refractivity contribution in [2.45, 2.75) is 24.2 Å². The number of piperidine rings is 1. The average molecular weight is 239 g/mol. The normalized spacial score (nSPS) is 34.3. The first-order valence-electron chi connectivity index (χ1n) is 3.48. The smallest absolute Gasteiger partial charge is 0.0286 e. The second-order valence-electron chi connectivity index (χ2n) is 3.41. The van der Waals surface area contributed by atoms with E-state index in [4.69, 9.17) is 0 Å². The first-order chi connectivity index (χ1) is 4.13. The molecule has 1 N–H and O–H groups in total. The summed E-state index contributed by atoms with van der Waals surface area (Å²) in [6.07, 6.45) is 1.32. The van der Waals surface area contributed by atoms with Crippen molar-refractivity contribution in [1.82, 2.24) is 5.32 Å². The van der Waals surface area contributed by atoms with Crippen molar-refractivity contribution in [2.75, 3.05) is 13.1 Å². The molecule has 1 heterocycles. The third-order valence-electron chi connectivity index (χ3n) is 2.12. The van der Waals surface area contributed by atoms with Gasteiger partial charge in [-0.1, -0.05) is 36.4 Å². The molecule has 0 bridgehead atoms. The maximum absolute atomic E-state index is 3.38. The maximum atomic E-state index is 3.38. The minimum Gasteiger partial charge on any atom is -0.316 e. The molecule has 0 saturated carbocycles. The fourth-order valence-electron chi connectivity index (χ4n) is 1.07. The summed E-state index contributed by atoms with van der Waals surface area (Å²) < 4.78 is 0.809. The van der Waals surface area contributed by atoms with Crippen molar-refractivity contribution >= 4 is 22.6 Å². The maximum Gasteiger partial charge on any atom is 0.0286 e. The topological polar surface area (TPSA) is 12.0 Å². The first-order valence-corrected chi connectivity index (χ1v) is 4.72. The zero-order valence-electron chi connectivity index (χ0n) is 6.08. The number of nitrogens with one attached hydrogen (secondary N) is 1. The quantitative estimate of drug-likeness (QED) is 0.502. The molecule has 1 unspecified atom stereocenters. The Balaban J connectivity index is 2.49. The fourth-order valence-corrected chi connectivity index (χ4v) is 1.70. The number of hydrogen-bond donors (Lipinski definition) is 1. The lowest BCUT2D eigenvalue weighted by Gasteiger charge is -2.35. The molecule has 1 fully saturated rings. The van der Waals surface area contributed by atoms with Gasteiger partial charge in [0.25, 0.3) is 0 Å². The molecule has 1 saturated heterocycles. The van der Waals surface area contributed by atoms with Crippen LogP contribution in [0.4, 0.5) is 0 Å². The fraction of sp³-hybridized carbons (Fsp3) is 1.00. The number of rotatable bonds is 0. The number of hydrogen-bond acceptors (Lipinski definition) is 1. The Kier molecular flexibility index (Phi) is 2.37. The van der Waals surface area contributed by atoms with Gasteiger partial charge in [-0.3, -0.25) is 0 Å². The summed E-state index contributed by atoms with van der Waals surface area (Å²) in [5.41, 5.74) is 0.561. The summed E-state index contributed by atoms with van der Waals surface area (Å²) in [5, 5.41) is 3.38. The van der Waals surface area contributed by atoms with Gasteiger partial charge in [-0.15, -0.1) is 0 Å². The van der Waals surface area contributed by atoms with Gasteiger partial charge in [0.2, 0.25) is 0 Å². The van der Waals surface area contributed by atoms with E-state index in [2.05, 4.69) is 41.8 Å². The van der Waals surface area contributed by atoms with E-state index in [1.54, 1.807) is 0 Å². The lowest BCUT2D eigenvalue weighted by Crippen LogP contribution is -2.42. The van der Waals surface area contributed by atoms with E-state index in [9.17, 15) is 0 Å². The standard InChI is InChI=1S/C7H14IN/c1-7(2)3-4-9-5-6(7)8/h6,9H,3-5H2,1-2H3. The van der Waals surface area contributed by atoms with E-state index < -0.39 is 0 Å². The lowest BCUT2D eigenvalue weighted by atomic mass is 9.83. The van der Waals surface area contributed by atoms with Gasteiger partial charge < -0.3 is 5.32 Å². The third kappa shape index (κ3) is 1.80. The molecule has 0 aromatic carbocycles. The number of halogens is 1. The molecule has 54 valence electrons. The lowest BCUT2D eigenvalue weighted by molar-refractivity contribution is 0.280. The predicted molar refractivity (Wildman–Crippen MR) is 49.1 cm³/mol. The predicted octanol–water partition coefficient (Wildman–Crippen LogP) is 1.81. The van der Waals surface area contributed by atoms with Gasteiger partial charge in [-0.2, -0.15) is 0 Å². The highest BCUT2D eigenvalue weighted by molar-refractivity contribution is 14.1. The summed E-state index contributed by atoms with van der Waals surface area (Å²) in [5.74, 6) is 0. The molecule has 0 aromatic heterocycles. The molecule has 0 amide bonds. The van der Waals surface area contributed by atoms with E-state index in [0.717, 1.165) is 3.92 Å². The summed E-state index contributed by atoms with van der Waals surface area (Å²) in [7, 11) is 0. The molecule has 0 radical (unpaired) electrons. The summed E-state index contributed by atoms with van der Waals surface area (Å²) in [6, 6.07) is 0. The molecule has 0 aliphatic carbocycles. The van der Waals surface area contributed by atoms with Crippen LogP contribution in [0.1, 0.15) is 20.3 Å². The van der Waals surface area contributed by atoms with E-state index in [-0.39, 0.29) is 0 Å². The van der Waals surface area contributed by atoms with E-state index in [1.165, 1.54) is 19.5 Å². The Bertz CT molecular complexity index is 101. The minimum absolute atomic E-state index is 0.561. The zero-order chi connectivity index (χ0) is 6.91. The Hall–Kier alpha value is 0.690. The minimum atomic E-state index is 0.561. The van der Waals surface area contributed by atoms with Crippen LogP contribution in [-0.4, -0.2) is 17.0 Å². The van der Waals surface area contributed by atoms with Crippen LogP contribution in [0.5, 0.6) is 0 Å². The largest absolute Gasteiger partial charge is 0.316 e. The zero-order valence-corrected chi connectivity index (χ0v) is 8.23. The van der Waals surface area contributed by atoms with Gasteiger partial charge in [0.1, 0.15) is 0 Å². The van der Waals surface area contributed by atoms with Crippen molar-refractivity contribution in [3.05, 3.63) is 0 Å². The summed E-state index contributed by atoms with van der Waals surface area (Å²) in [6.45, 7) is 7.09. The molecule has 1 aliphatic heterocycles. The van der Waals surface area contributed by atoms with Crippen molar-refractivity contribution in [3.63, 3.8) is 0 Å². The molecule has 1 atom stereocenters. The Morgan fingerprint density at radius 1 is 1.56 bits per heavy atom. The second kappa shape index (κ2) is 2.74. The molecule has 1 rings (SSSR count). The summed E-state index contributed by atoms with van der Waals surface area (Å²) >= 11 is 2.54. The van der Waals surface area contributed by atoms with Gasteiger partial charge in [0, 0.05) is 10.5 Å². The van der Waals surface area contributed by atoms with Crippen molar-refractivity contribution in [1.29, 1.82) is 0 Å². The van der Waals surface area contributed by atoms with E-state index in [0.29, 0.717) is 5.41 Å². The Morgan fingerprint density at radius 3 is 2.56 bits per heavy atom. The van der Waals surface area contributed by atoms with Gasteiger partial charge in [0.05, 0.1) is 0 Å². The van der Waals surface area contributed by atoms with E-state index in [1.807, 2.05) is 0 Å². The van der Waals surface area contributed by atoms with Gasteiger partial charge in [-0.05, 0) is 18.4 Å². The molecule has 1 aliphatic rings. The molecular formula is C7H14IN. The van der Waals surface area contributed by atoms with Gasteiger partial charge in [-0.25, -0.2) is 0 Å². The second-order valence-corrected chi connectivity index (χ2v) is 4.91. The highest BCUT2D eigenvalue weighted by Gasteiger charge is 2.29. The highest BCUT2D eigenvalue weighted by Crippen LogP contribution is 2.32. The van der Waals surface area contributed by atoms with Crippen molar-refractivity contribution in [3.8, 4) is 0 Å². The van der Waals surface area contributed by atoms with Crippen LogP contribution >= 0.6 is 22.6 Å². The first kappa shape index (κ1) is 7.79. The van der Waals surface area contributed by atoms with Crippen LogP contribution in [0.15, 0.2) is 0 Å². The van der Waals surface area contributed by atoms with Crippen LogP contribution < -0.4 is 5.32 Å². The molecule has 2 heteroatoms. The molecule has 0 spiro atoms. The average Bonchev–Trinajstić information content (AvgIpc) is 1.77. The Labute approximate surface area is 70.7 Å². The third-order valence-corrected chi connectivity index (χ3v) is 4.24. The number of alkyl halides is 1. The van der Waals surface area contributed by atoms with Crippen LogP contribution in [0, 0.1) is 5.41 Å². The molecule has 0 aromatic rings. The Morgan fingerprint density at radius 2 is 2.22 bits per heavy atom. The van der Waals surface area contributed by atoms with Crippen LogP contribution in [0.25, 0.3) is 0 Å². The van der Waals surface area contributed by atoms with Crippen molar-refractivity contribution < 1.29 is 0 Å². The molecular weight excluding hydrogens is 225 g/mol. The highest BCUT2D eigenvalue weighted by atomic mass is 127. The summed E-state index contributed by atoms with van der Waals surface area (Å²) in [4.78, 5) is 0. The van der Waals surface area contributed by atoms with Gasteiger partial charge >= 0.3 is 0 Å². The molecule has 9 heavy (non-hydrogen) atoms. The molecule has 1 nitrogen and oxygen atoms in total. The SMILES string of the molecule is CC1(C)CCNCC1I.